The molecule has 1 aliphatic rings. The summed E-state index contributed by atoms with van der Waals surface area (Å²) in [5.41, 5.74) is 1.94. The van der Waals surface area contributed by atoms with Crippen molar-refractivity contribution in [2.75, 3.05) is 13.1 Å². The molecule has 1 saturated carbocycles. The quantitative estimate of drug-likeness (QED) is 0.730. The Morgan fingerprint density at radius 3 is 2.81 bits per heavy atom. The van der Waals surface area contributed by atoms with Crippen LogP contribution < -0.4 is 0 Å². The van der Waals surface area contributed by atoms with Crippen LogP contribution in [0, 0.1) is 0 Å². The summed E-state index contributed by atoms with van der Waals surface area (Å²) in [6.07, 6.45) is 2.66. The Morgan fingerprint density at radius 1 is 1.43 bits per heavy atom. The number of nitrogens with zero attached hydrogens (tertiary/aromatic N) is 3. The maximum atomic E-state index is 6.39. The predicted octanol–water partition coefficient (Wildman–Crippen LogP) is 4.47. The molecule has 0 bridgehead atoms. The van der Waals surface area contributed by atoms with Gasteiger partial charge in [-0.05, 0) is 38.4 Å². The zero-order chi connectivity index (χ0) is 15.0. The fourth-order valence-corrected chi connectivity index (χ4v) is 3.39. The van der Waals surface area contributed by atoms with Gasteiger partial charge < -0.3 is 4.57 Å². The second-order valence-electron chi connectivity index (χ2n) is 5.70. The molecule has 0 amide bonds. The van der Waals surface area contributed by atoms with Crippen LogP contribution in [-0.4, -0.2) is 33.6 Å². The highest BCUT2D eigenvalue weighted by Crippen LogP contribution is 2.30. The Hall–Kier alpha value is -0.770. The van der Waals surface area contributed by atoms with E-state index in [9.17, 15) is 0 Å². The lowest BCUT2D eigenvalue weighted by Gasteiger charge is -2.21. The molecular weight excluding hydrogens is 305 g/mol. The molecule has 1 aromatic carbocycles. The first-order valence-corrected chi connectivity index (χ1v) is 8.46. The van der Waals surface area contributed by atoms with Crippen molar-refractivity contribution in [2.24, 2.45) is 0 Å². The highest BCUT2D eigenvalue weighted by Gasteiger charge is 2.28. The van der Waals surface area contributed by atoms with Gasteiger partial charge in [-0.1, -0.05) is 24.6 Å². The molecule has 3 nitrogen and oxygen atoms in total. The molecular formula is C16H21Cl2N3. The lowest BCUT2D eigenvalue weighted by molar-refractivity contribution is 0.266. The molecule has 1 aromatic heterocycles. The topological polar surface area (TPSA) is 21.1 Å². The number of hydrogen-bond acceptors (Lipinski definition) is 2. The standard InChI is InChI=1S/C16H21Cl2N3/c1-3-20(12-7-8-12)9-10-21-15-13(18)5-4-6-14(15)19-16(21)11(2)17/h4-6,11-12H,3,7-10H2,1-2H3. The average Bonchev–Trinajstić information content (AvgIpc) is 3.21. The fraction of sp³-hybridized carbons (Fsp3) is 0.562. The third kappa shape index (κ3) is 3.05. The Kier molecular flexibility index (Phi) is 4.43. The van der Waals surface area contributed by atoms with Crippen molar-refractivity contribution >= 4 is 34.2 Å². The lowest BCUT2D eigenvalue weighted by atomic mass is 10.3. The van der Waals surface area contributed by atoms with E-state index >= 15 is 0 Å². The monoisotopic (exact) mass is 325 g/mol. The molecule has 5 heteroatoms. The molecule has 1 aliphatic carbocycles. The number of benzene rings is 1. The van der Waals surface area contributed by atoms with Crippen molar-refractivity contribution in [2.45, 2.75) is 44.7 Å². The van der Waals surface area contributed by atoms with Gasteiger partial charge in [0, 0.05) is 19.1 Å². The van der Waals surface area contributed by atoms with Crippen molar-refractivity contribution in [3.05, 3.63) is 29.0 Å². The van der Waals surface area contributed by atoms with Crippen LogP contribution in [0.2, 0.25) is 5.02 Å². The second kappa shape index (κ2) is 6.15. The molecule has 0 spiro atoms. The SMILES string of the molecule is CCN(CCn1c(C(C)Cl)nc2cccc(Cl)c21)C1CC1. The van der Waals surface area contributed by atoms with Crippen molar-refractivity contribution < 1.29 is 0 Å². The number of fused-ring (bicyclic) bond motifs is 1. The average molecular weight is 326 g/mol. The molecule has 1 atom stereocenters. The van der Waals surface area contributed by atoms with E-state index in [1.54, 1.807) is 0 Å². The summed E-state index contributed by atoms with van der Waals surface area (Å²) in [7, 11) is 0. The first kappa shape index (κ1) is 15.1. The zero-order valence-electron chi connectivity index (χ0n) is 12.5. The second-order valence-corrected chi connectivity index (χ2v) is 6.77. The highest BCUT2D eigenvalue weighted by molar-refractivity contribution is 6.35. The van der Waals surface area contributed by atoms with Gasteiger partial charge in [-0.2, -0.15) is 0 Å². The van der Waals surface area contributed by atoms with E-state index in [0.717, 1.165) is 47.6 Å². The zero-order valence-corrected chi connectivity index (χ0v) is 14.0. The predicted molar refractivity (Wildman–Crippen MR) is 89.3 cm³/mol. The summed E-state index contributed by atoms with van der Waals surface area (Å²) in [4.78, 5) is 7.20. The smallest absolute Gasteiger partial charge is 0.127 e. The van der Waals surface area contributed by atoms with Crippen LogP contribution in [0.1, 0.15) is 37.9 Å². The van der Waals surface area contributed by atoms with E-state index < -0.39 is 0 Å². The molecule has 1 heterocycles. The largest absolute Gasteiger partial charge is 0.324 e. The van der Waals surface area contributed by atoms with Gasteiger partial charge >= 0.3 is 0 Å². The van der Waals surface area contributed by atoms with Gasteiger partial charge in [0.25, 0.3) is 0 Å². The molecule has 2 aromatic rings. The van der Waals surface area contributed by atoms with Crippen LogP contribution in [0.15, 0.2) is 18.2 Å². The van der Waals surface area contributed by atoms with E-state index in [-0.39, 0.29) is 5.38 Å². The normalized spacial score (nSPS) is 16.8. The molecule has 114 valence electrons. The number of hydrogen-bond donors (Lipinski definition) is 0. The molecule has 0 saturated heterocycles. The molecule has 1 fully saturated rings. The number of likely N-dealkylation sites (N-methyl/N-ethyl adjacent to an activating group) is 1. The summed E-state index contributed by atoms with van der Waals surface area (Å²) in [5.74, 6) is 0.909. The molecule has 1 unspecified atom stereocenters. The van der Waals surface area contributed by atoms with Crippen molar-refractivity contribution in [3.8, 4) is 0 Å². The van der Waals surface area contributed by atoms with Crippen molar-refractivity contribution in [3.63, 3.8) is 0 Å². The third-order valence-corrected chi connectivity index (χ3v) is 4.68. The number of rotatable bonds is 6. The molecule has 0 aliphatic heterocycles. The molecule has 3 rings (SSSR count). The van der Waals surface area contributed by atoms with Gasteiger partial charge in [-0.25, -0.2) is 4.98 Å². The fourth-order valence-electron chi connectivity index (χ4n) is 2.96. The van der Waals surface area contributed by atoms with Crippen LogP contribution in [0.4, 0.5) is 0 Å². The van der Waals surface area contributed by atoms with Gasteiger partial charge in [-0.3, -0.25) is 4.90 Å². The highest BCUT2D eigenvalue weighted by atomic mass is 35.5. The molecule has 0 N–H and O–H groups in total. The maximum Gasteiger partial charge on any atom is 0.127 e. The van der Waals surface area contributed by atoms with E-state index in [0.29, 0.717) is 0 Å². The van der Waals surface area contributed by atoms with E-state index in [4.69, 9.17) is 23.2 Å². The van der Waals surface area contributed by atoms with E-state index in [1.807, 2.05) is 25.1 Å². The Balaban J connectivity index is 1.93. The van der Waals surface area contributed by atoms with Gasteiger partial charge in [0.2, 0.25) is 0 Å². The third-order valence-electron chi connectivity index (χ3n) is 4.18. The van der Waals surface area contributed by atoms with Crippen molar-refractivity contribution in [1.29, 1.82) is 0 Å². The Bertz CT molecular complexity index is 632. The number of alkyl halides is 1. The lowest BCUT2D eigenvalue weighted by Crippen LogP contribution is -2.29. The van der Waals surface area contributed by atoms with Gasteiger partial charge in [0.15, 0.2) is 0 Å². The van der Waals surface area contributed by atoms with Crippen LogP contribution in [0.25, 0.3) is 11.0 Å². The number of imidazole rings is 1. The summed E-state index contributed by atoms with van der Waals surface area (Å²) in [6.45, 7) is 7.19. The van der Waals surface area contributed by atoms with Crippen LogP contribution in [-0.2, 0) is 6.54 Å². The van der Waals surface area contributed by atoms with Gasteiger partial charge in [0.05, 0.1) is 21.4 Å². The van der Waals surface area contributed by atoms with Crippen LogP contribution in [0.5, 0.6) is 0 Å². The van der Waals surface area contributed by atoms with Gasteiger partial charge in [-0.15, -0.1) is 11.6 Å². The minimum absolute atomic E-state index is 0.121. The van der Waals surface area contributed by atoms with Crippen LogP contribution >= 0.6 is 23.2 Å². The minimum Gasteiger partial charge on any atom is -0.324 e. The van der Waals surface area contributed by atoms with E-state index in [2.05, 4.69) is 21.4 Å². The number of aromatic nitrogens is 2. The van der Waals surface area contributed by atoms with Crippen molar-refractivity contribution in [1.82, 2.24) is 14.5 Å². The minimum atomic E-state index is -0.121. The van der Waals surface area contributed by atoms with Gasteiger partial charge in [0.1, 0.15) is 5.82 Å². The first-order chi connectivity index (χ1) is 10.1. The molecule has 21 heavy (non-hydrogen) atoms. The van der Waals surface area contributed by atoms with E-state index in [1.165, 1.54) is 12.8 Å². The summed E-state index contributed by atoms with van der Waals surface area (Å²) in [6, 6.07) is 6.63. The first-order valence-electron chi connectivity index (χ1n) is 7.64. The summed E-state index contributed by atoms with van der Waals surface area (Å²) < 4.78 is 2.19. The Morgan fingerprint density at radius 2 is 2.19 bits per heavy atom. The number of halogens is 2. The van der Waals surface area contributed by atoms with Crippen LogP contribution in [0.3, 0.4) is 0 Å². The maximum absolute atomic E-state index is 6.39. The molecule has 0 radical (unpaired) electrons. The number of para-hydroxylation sites is 1. The summed E-state index contributed by atoms with van der Waals surface area (Å²) in [5, 5.41) is 0.627. The Labute approximate surface area is 135 Å². The summed E-state index contributed by atoms with van der Waals surface area (Å²) >= 11 is 12.7.